The van der Waals surface area contributed by atoms with E-state index in [-0.39, 0.29) is 0 Å². The van der Waals surface area contributed by atoms with Crippen LogP contribution in [0, 0.1) is 11.8 Å². The molecule has 1 heterocycles. The minimum absolute atomic E-state index is 0.343. The van der Waals surface area contributed by atoms with E-state index in [0.717, 1.165) is 92.3 Å². The first-order valence-corrected chi connectivity index (χ1v) is 16.9. The van der Waals surface area contributed by atoms with Gasteiger partial charge in [0.05, 0.1) is 10.4 Å². The van der Waals surface area contributed by atoms with Crippen molar-refractivity contribution in [1.29, 1.82) is 0 Å². The fraction of sp³-hybridized carbons (Fsp3) is 0.455. The van der Waals surface area contributed by atoms with Gasteiger partial charge in [0.1, 0.15) is 5.82 Å². The van der Waals surface area contributed by atoms with Crippen LogP contribution in [0.3, 0.4) is 0 Å². The lowest BCUT2D eigenvalue weighted by Gasteiger charge is -2.28. The van der Waals surface area contributed by atoms with Crippen molar-refractivity contribution in [3.05, 3.63) is 66.7 Å². The van der Waals surface area contributed by atoms with Crippen LogP contribution in [-0.2, 0) is 10.0 Å². The van der Waals surface area contributed by atoms with Gasteiger partial charge in [-0.3, -0.25) is 0 Å². The van der Waals surface area contributed by atoms with Crippen molar-refractivity contribution in [2.75, 3.05) is 49.9 Å². The molecule has 0 amide bonds. The highest BCUT2D eigenvalue weighted by molar-refractivity contribution is 7.89. The predicted octanol–water partition coefficient (Wildman–Crippen LogP) is 6.12. The number of para-hydroxylation sites is 1. The number of hydrogen-bond donors (Lipinski definition) is 3. The third-order valence-corrected chi connectivity index (χ3v) is 10.0. The first-order valence-electron chi connectivity index (χ1n) is 15.4. The Kier molecular flexibility index (Phi) is 10.3. The smallest absolute Gasteiger partial charge is 0.241 e. The van der Waals surface area contributed by atoms with Gasteiger partial charge in [-0.1, -0.05) is 62.4 Å². The summed E-state index contributed by atoms with van der Waals surface area (Å²) in [6.45, 7) is 9.78. The second-order valence-corrected chi connectivity index (χ2v) is 13.1. The molecule has 3 N–H and O–H groups in total. The summed E-state index contributed by atoms with van der Waals surface area (Å²) in [5, 5.41) is 9.78. The topological polar surface area (TPSA) is 99.2 Å². The van der Waals surface area contributed by atoms with Gasteiger partial charge in [-0.25, -0.2) is 18.1 Å². The fourth-order valence-electron chi connectivity index (χ4n) is 5.95. The Morgan fingerprint density at radius 3 is 2.21 bits per heavy atom. The molecular weight excluding hydrogens is 544 g/mol. The molecule has 8 nitrogen and oxygen atoms in total. The summed E-state index contributed by atoms with van der Waals surface area (Å²) in [5.41, 5.74) is 0.934. The number of fused-ring (bicyclic) bond motifs is 2. The molecule has 1 saturated carbocycles. The van der Waals surface area contributed by atoms with Crippen molar-refractivity contribution < 1.29 is 8.42 Å². The van der Waals surface area contributed by atoms with E-state index in [0.29, 0.717) is 29.2 Å². The van der Waals surface area contributed by atoms with Gasteiger partial charge in [0.2, 0.25) is 16.0 Å². The summed E-state index contributed by atoms with van der Waals surface area (Å²) in [7, 11) is -3.57. The second-order valence-electron chi connectivity index (χ2n) is 11.3. The van der Waals surface area contributed by atoms with E-state index in [9.17, 15) is 8.42 Å². The Balaban J connectivity index is 1.12. The summed E-state index contributed by atoms with van der Waals surface area (Å²) in [6, 6.07) is 21.2. The summed E-state index contributed by atoms with van der Waals surface area (Å²) in [6.07, 6.45) is 5.17. The molecule has 224 valence electrons. The van der Waals surface area contributed by atoms with Crippen LogP contribution < -0.4 is 15.4 Å². The van der Waals surface area contributed by atoms with Crippen LogP contribution >= 0.6 is 0 Å². The quantitative estimate of drug-likeness (QED) is 0.153. The number of benzene rings is 3. The molecule has 0 aliphatic heterocycles. The highest BCUT2D eigenvalue weighted by atomic mass is 32.2. The largest absolute Gasteiger partial charge is 0.369 e. The monoisotopic (exact) mass is 588 g/mol. The molecule has 0 spiro atoms. The number of anilines is 2. The van der Waals surface area contributed by atoms with Crippen molar-refractivity contribution in [2.45, 2.75) is 50.8 Å². The molecule has 9 heteroatoms. The maximum Gasteiger partial charge on any atom is 0.241 e. The maximum atomic E-state index is 13.1. The molecule has 3 aromatic carbocycles. The first kappa shape index (κ1) is 30.2. The highest BCUT2D eigenvalue weighted by Crippen LogP contribution is 2.30. The number of aromatic nitrogens is 2. The van der Waals surface area contributed by atoms with E-state index in [4.69, 9.17) is 9.97 Å². The van der Waals surface area contributed by atoms with Gasteiger partial charge in [-0.2, -0.15) is 4.98 Å². The Morgan fingerprint density at radius 2 is 1.45 bits per heavy atom. The Hall–Kier alpha value is -3.27. The van der Waals surface area contributed by atoms with Crippen molar-refractivity contribution in [3.63, 3.8) is 0 Å². The minimum Gasteiger partial charge on any atom is -0.369 e. The lowest BCUT2D eigenvalue weighted by atomic mass is 9.82. The molecule has 0 unspecified atom stereocenters. The second kappa shape index (κ2) is 14.3. The van der Waals surface area contributed by atoms with Crippen LogP contribution in [0.25, 0.3) is 21.7 Å². The molecule has 0 bridgehead atoms. The van der Waals surface area contributed by atoms with E-state index >= 15 is 0 Å². The van der Waals surface area contributed by atoms with Gasteiger partial charge >= 0.3 is 0 Å². The third kappa shape index (κ3) is 7.56. The lowest BCUT2D eigenvalue weighted by Crippen LogP contribution is -2.32. The molecule has 1 fully saturated rings. The van der Waals surface area contributed by atoms with Crippen LogP contribution in [0.4, 0.5) is 11.8 Å². The Bertz CT molecular complexity index is 1560. The third-order valence-electron chi connectivity index (χ3n) is 8.56. The maximum absolute atomic E-state index is 13.1. The summed E-state index contributed by atoms with van der Waals surface area (Å²) in [5.74, 6) is 2.39. The highest BCUT2D eigenvalue weighted by Gasteiger charge is 2.24. The van der Waals surface area contributed by atoms with Crippen LogP contribution in [0.2, 0.25) is 0 Å². The average molecular weight is 589 g/mol. The van der Waals surface area contributed by atoms with Gasteiger partial charge in [0.15, 0.2) is 0 Å². The molecule has 1 aromatic heterocycles. The van der Waals surface area contributed by atoms with Gasteiger partial charge in [0.25, 0.3) is 0 Å². The van der Waals surface area contributed by atoms with E-state index in [1.807, 2.05) is 48.5 Å². The van der Waals surface area contributed by atoms with E-state index in [2.05, 4.69) is 40.2 Å². The van der Waals surface area contributed by atoms with Gasteiger partial charge < -0.3 is 15.5 Å². The fourth-order valence-corrected chi connectivity index (χ4v) is 7.29. The Morgan fingerprint density at radius 1 is 0.786 bits per heavy atom. The van der Waals surface area contributed by atoms with Crippen molar-refractivity contribution in [3.8, 4) is 0 Å². The van der Waals surface area contributed by atoms with E-state index in [1.165, 1.54) is 0 Å². The summed E-state index contributed by atoms with van der Waals surface area (Å²) in [4.78, 5) is 12.4. The number of hydrogen-bond acceptors (Lipinski definition) is 7. The van der Waals surface area contributed by atoms with Crippen molar-refractivity contribution in [1.82, 2.24) is 19.6 Å². The summed E-state index contributed by atoms with van der Waals surface area (Å²) >= 11 is 0. The minimum atomic E-state index is -3.57. The van der Waals surface area contributed by atoms with Gasteiger partial charge in [-0.05, 0) is 87.2 Å². The molecule has 5 rings (SSSR count). The average Bonchev–Trinajstić information content (AvgIpc) is 3.03. The first-order chi connectivity index (χ1) is 20.5. The van der Waals surface area contributed by atoms with Crippen LogP contribution in [-0.4, -0.2) is 62.6 Å². The van der Waals surface area contributed by atoms with Crippen LogP contribution in [0.15, 0.2) is 71.6 Å². The molecule has 4 aromatic rings. The number of nitrogens with zero attached hydrogens (tertiary/aromatic N) is 3. The van der Waals surface area contributed by atoms with E-state index < -0.39 is 10.0 Å². The number of nitrogens with one attached hydrogen (secondary N) is 3. The number of sulfonamides is 1. The standard InChI is InChI=1S/C33H44N6O2S/c1-3-39(4-2)22-10-21-34-32-29-14-7-8-15-30(29)37-33(38-32)35-23-25-17-19-26(20-18-25)24-36-42(40,41)31-16-9-12-27-11-5-6-13-28(27)31/h5-9,11-16,25-26,36H,3-4,10,17-24H2,1-2H3,(H2,34,35,37,38). The molecular formula is C33H44N6O2S. The van der Waals surface area contributed by atoms with Crippen molar-refractivity contribution in [2.24, 2.45) is 11.8 Å². The Labute approximate surface area is 250 Å². The normalized spacial score (nSPS) is 17.6. The SMILES string of the molecule is CCN(CC)CCCNc1nc(NCC2CCC(CNS(=O)(=O)c3cccc4ccccc34)CC2)nc2ccccc12. The van der Waals surface area contributed by atoms with Crippen LogP contribution in [0.5, 0.6) is 0 Å². The van der Waals surface area contributed by atoms with Gasteiger partial charge in [-0.15, -0.1) is 0 Å². The summed E-state index contributed by atoms with van der Waals surface area (Å²) < 4.78 is 29.2. The van der Waals surface area contributed by atoms with E-state index in [1.54, 1.807) is 12.1 Å². The van der Waals surface area contributed by atoms with Crippen LogP contribution in [0.1, 0.15) is 46.0 Å². The van der Waals surface area contributed by atoms with Crippen molar-refractivity contribution >= 4 is 43.5 Å². The zero-order valence-corrected chi connectivity index (χ0v) is 25.7. The lowest BCUT2D eigenvalue weighted by molar-refractivity contribution is 0.284. The van der Waals surface area contributed by atoms with Gasteiger partial charge in [0, 0.05) is 30.4 Å². The number of rotatable bonds is 14. The predicted molar refractivity (Wildman–Crippen MR) is 174 cm³/mol. The zero-order valence-electron chi connectivity index (χ0n) is 24.9. The molecule has 1 aliphatic rings. The molecule has 42 heavy (non-hydrogen) atoms. The molecule has 0 saturated heterocycles. The molecule has 0 radical (unpaired) electrons. The molecule has 1 aliphatic carbocycles. The molecule has 0 atom stereocenters. The zero-order chi connectivity index (χ0) is 29.4.